The third-order valence-corrected chi connectivity index (χ3v) is 2.69. The molecule has 6 N–H and O–H groups in total. The summed E-state index contributed by atoms with van der Waals surface area (Å²) in [4.78, 5) is 14.8. The fourth-order valence-electron chi connectivity index (χ4n) is 1.72. The number of nitrogens with two attached hydrogens (primary N) is 2. The summed E-state index contributed by atoms with van der Waals surface area (Å²) >= 11 is 0. The molecule has 2 aromatic rings. The van der Waals surface area contributed by atoms with E-state index in [4.69, 9.17) is 22.0 Å². The van der Waals surface area contributed by atoms with Crippen LogP contribution in [0.2, 0.25) is 0 Å². The molecule has 1 heterocycles. The highest BCUT2D eigenvalue weighted by Gasteiger charge is 2.19. The Morgan fingerprint density at radius 1 is 1.19 bits per heavy atom. The van der Waals surface area contributed by atoms with E-state index in [-0.39, 0.29) is 28.3 Å². The van der Waals surface area contributed by atoms with Gasteiger partial charge in [-0.15, -0.1) is 0 Å². The summed E-state index contributed by atoms with van der Waals surface area (Å²) in [5, 5.41) is 17.1. The van der Waals surface area contributed by atoms with Crippen LogP contribution < -0.4 is 11.5 Å². The SMILES string of the molecule is CC.N=C(c1ccccc1)c1c(N)ncc(C(=O)O)c1N. The zero-order valence-corrected chi connectivity index (χ0v) is 11.9. The Labute approximate surface area is 122 Å². The maximum Gasteiger partial charge on any atom is 0.339 e. The number of pyridine rings is 1. The highest BCUT2D eigenvalue weighted by molar-refractivity contribution is 6.18. The van der Waals surface area contributed by atoms with Gasteiger partial charge in [0, 0.05) is 11.8 Å². The van der Waals surface area contributed by atoms with Crippen molar-refractivity contribution in [2.75, 3.05) is 11.5 Å². The minimum Gasteiger partial charge on any atom is -0.478 e. The molecule has 0 saturated carbocycles. The molecule has 2 rings (SSSR count). The molecule has 21 heavy (non-hydrogen) atoms. The second-order valence-electron chi connectivity index (χ2n) is 3.89. The molecular weight excluding hydrogens is 268 g/mol. The predicted octanol–water partition coefficient (Wildman–Crippen LogP) is 2.39. The Kier molecular flexibility index (Phi) is 5.42. The number of carboxylic acids is 1. The Hall–Kier alpha value is -2.89. The van der Waals surface area contributed by atoms with Crippen molar-refractivity contribution in [2.24, 2.45) is 0 Å². The van der Waals surface area contributed by atoms with Gasteiger partial charge in [-0.1, -0.05) is 44.2 Å². The molecule has 0 aliphatic rings. The number of rotatable bonds is 3. The minimum absolute atomic E-state index is 0.0383. The molecule has 1 aromatic heterocycles. The second kappa shape index (κ2) is 7.04. The van der Waals surface area contributed by atoms with Gasteiger partial charge in [-0.2, -0.15) is 0 Å². The Morgan fingerprint density at radius 2 is 1.76 bits per heavy atom. The van der Waals surface area contributed by atoms with Crippen molar-refractivity contribution in [1.82, 2.24) is 4.98 Å². The van der Waals surface area contributed by atoms with Crippen molar-refractivity contribution >= 4 is 23.2 Å². The number of nitrogens with one attached hydrogen (secondary N) is 1. The Morgan fingerprint density at radius 3 is 2.29 bits per heavy atom. The summed E-state index contributed by atoms with van der Waals surface area (Å²) < 4.78 is 0. The van der Waals surface area contributed by atoms with E-state index >= 15 is 0 Å². The van der Waals surface area contributed by atoms with Crippen molar-refractivity contribution < 1.29 is 9.90 Å². The average Bonchev–Trinajstić information content (AvgIpc) is 2.49. The van der Waals surface area contributed by atoms with Gasteiger partial charge in [0.25, 0.3) is 0 Å². The number of nitrogens with zero attached hydrogens (tertiary/aromatic N) is 1. The van der Waals surface area contributed by atoms with Gasteiger partial charge in [0.2, 0.25) is 0 Å². The molecule has 0 atom stereocenters. The van der Waals surface area contributed by atoms with E-state index in [0.29, 0.717) is 5.56 Å². The van der Waals surface area contributed by atoms with Crippen LogP contribution >= 0.6 is 0 Å². The van der Waals surface area contributed by atoms with E-state index in [0.717, 1.165) is 6.20 Å². The fourth-order valence-corrected chi connectivity index (χ4v) is 1.72. The number of carboxylic acid groups (broad SMARTS) is 1. The van der Waals surface area contributed by atoms with Crippen LogP contribution in [-0.4, -0.2) is 21.8 Å². The summed E-state index contributed by atoms with van der Waals surface area (Å²) in [7, 11) is 0. The monoisotopic (exact) mass is 286 g/mol. The van der Waals surface area contributed by atoms with Gasteiger partial charge in [0.15, 0.2) is 0 Å². The Balaban J connectivity index is 0.00000106. The zero-order chi connectivity index (χ0) is 16.0. The molecule has 1 aromatic carbocycles. The first-order chi connectivity index (χ1) is 10.0. The van der Waals surface area contributed by atoms with Crippen LogP contribution in [0.25, 0.3) is 0 Å². The van der Waals surface area contributed by atoms with Crippen LogP contribution in [0.1, 0.15) is 35.3 Å². The molecule has 6 heteroatoms. The van der Waals surface area contributed by atoms with Gasteiger partial charge in [0.05, 0.1) is 17.0 Å². The first kappa shape index (κ1) is 16.2. The van der Waals surface area contributed by atoms with E-state index in [1.807, 2.05) is 19.9 Å². The van der Waals surface area contributed by atoms with Gasteiger partial charge in [-0.3, -0.25) is 5.41 Å². The van der Waals surface area contributed by atoms with Crippen LogP contribution in [0.5, 0.6) is 0 Å². The molecule has 0 fully saturated rings. The molecule has 0 unspecified atom stereocenters. The van der Waals surface area contributed by atoms with Gasteiger partial charge in [-0.05, 0) is 0 Å². The lowest BCUT2D eigenvalue weighted by atomic mass is 9.99. The quantitative estimate of drug-likeness (QED) is 0.644. The first-order valence-corrected chi connectivity index (χ1v) is 6.44. The summed E-state index contributed by atoms with van der Waals surface area (Å²) in [6, 6.07) is 8.79. The van der Waals surface area contributed by atoms with Gasteiger partial charge in [0.1, 0.15) is 11.4 Å². The van der Waals surface area contributed by atoms with Crippen molar-refractivity contribution in [2.45, 2.75) is 13.8 Å². The smallest absolute Gasteiger partial charge is 0.339 e. The molecule has 0 bridgehead atoms. The van der Waals surface area contributed by atoms with Crippen LogP contribution in [0, 0.1) is 5.41 Å². The molecule has 6 nitrogen and oxygen atoms in total. The molecular formula is C15H18N4O2. The fraction of sp³-hybridized carbons (Fsp3) is 0.133. The van der Waals surface area contributed by atoms with Crippen LogP contribution in [0.15, 0.2) is 36.5 Å². The summed E-state index contributed by atoms with van der Waals surface area (Å²) in [5.74, 6) is -1.16. The Bertz CT molecular complexity index is 654. The molecule has 0 spiro atoms. The van der Waals surface area contributed by atoms with Crippen molar-refractivity contribution in [3.05, 3.63) is 53.2 Å². The number of carbonyl (C=O) groups is 1. The number of anilines is 2. The highest BCUT2D eigenvalue weighted by atomic mass is 16.4. The highest BCUT2D eigenvalue weighted by Crippen LogP contribution is 2.24. The largest absolute Gasteiger partial charge is 0.478 e. The van der Waals surface area contributed by atoms with Crippen molar-refractivity contribution in [3.63, 3.8) is 0 Å². The van der Waals surface area contributed by atoms with E-state index in [9.17, 15) is 4.79 Å². The van der Waals surface area contributed by atoms with E-state index in [2.05, 4.69) is 4.98 Å². The van der Waals surface area contributed by atoms with E-state index in [1.165, 1.54) is 0 Å². The molecule has 0 saturated heterocycles. The van der Waals surface area contributed by atoms with E-state index < -0.39 is 5.97 Å². The summed E-state index contributed by atoms with van der Waals surface area (Å²) in [5.41, 5.74) is 12.1. The number of benzene rings is 1. The van der Waals surface area contributed by atoms with Crippen molar-refractivity contribution in [3.8, 4) is 0 Å². The number of nitrogen functional groups attached to an aromatic ring is 2. The number of aromatic carboxylic acids is 1. The minimum atomic E-state index is -1.20. The molecule has 0 amide bonds. The molecule has 0 radical (unpaired) electrons. The summed E-state index contributed by atoms with van der Waals surface area (Å²) in [6.07, 6.45) is 1.09. The maximum atomic E-state index is 11.0. The van der Waals surface area contributed by atoms with E-state index in [1.54, 1.807) is 24.3 Å². The lowest BCUT2D eigenvalue weighted by Crippen LogP contribution is -2.14. The van der Waals surface area contributed by atoms with Crippen LogP contribution in [-0.2, 0) is 0 Å². The number of hydrogen-bond donors (Lipinski definition) is 4. The van der Waals surface area contributed by atoms with Crippen LogP contribution in [0.3, 0.4) is 0 Å². The van der Waals surface area contributed by atoms with Gasteiger partial charge in [-0.25, -0.2) is 9.78 Å². The normalized spacial score (nSPS) is 9.43. The lowest BCUT2D eigenvalue weighted by molar-refractivity contribution is 0.0697. The maximum absolute atomic E-state index is 11.0. The number of hydrogen-bond acceptors (Lipinski definition) is 5. The van der Waals surface area contributed by atoms with Crippen LogP contribution in [0.4, 0.5) is 11.5 Å². The van der Waals surface area contributed by atoms with Gasteiger partial charge >= 0.3 is 5.97 Å². The standard InChI is InChI=1S/C13H12N4O2.C2H6/c14-10(7-4-2-1-3-5-7)9-11(15)8(13(18)19)6-17-12(9)16;1-2/h1-6,14H,(H,18,19)(H4,15,16,17);1-2H3. The topological polar surface area (TPSA) is 126 Å². The third-order valence-electron chi connectivity index (χ3n) is 2.69. The van der Waals surface area contributed by atoms with Crippen molar-refractivity contribution in [1.29, 1.82) is 5.41 Å². The molecule has 0 aliphatic heterocycles. The lowest BCUT2D eigenvalue weighted by Gasteiger charge is -2.12. The summed E-state index contributed by atoms with van der Waals surface area (Å²) in [6.45, 7) is 4.00. The third kappa shape index (κ3) is 3.36. The average molecular weight is 286 g/mol. The van der Waals surface area contributed by atoms with Gasteiger partial charge < -0.3 is 16.6 Å². The predicted molar refractivity (Wildman–Crippen MR) is 83.7 cm³/mol. The number of aromatic nitrogens is 1. The zero-order valence-electron chi connectivity index (χ0n) is 11.9. The molecule has 110 valence electrons. The second-order valence-corrected chi connectivity index (χ2v) is 3.89. The molecule has 0 aliphatic carbocycles. The first-order valence-electron chi connectivity index (χ1n) is 6.44.